The van der Waals surface area contributed by atoms with Gasteiger partial charge in [-0.3, -0.25) is 19.2 Å². The lowest BCUT2D eigenvalue weighted by Gasteiger charge is -2.42. The third-order valence-corrected chi connectivity index (χ3v) is 15.1. The van der Waals surface area contributed by atoms with E-state index in [4.69, 9.17) is 33.2 Å². The lowest BCUT2D eigenvalue weighted by Crippen LogP contribution is -2.61. The maximum absolute atomic E-state index is 14.5. The zero-order valence-corrected chi connectivity index (χ0v) is 44.4. The van der Waals surface area contributed by atoms with Gasteiger partial charge in [0.05, 0.1) is 37.6 Å². The van der Waals surface area contributed by atoms with Crippen LogP contribution in [0.2, 0.25) is 0 Å². The Hall–Kier alpha value is -4.01. The van der Waals surface area contributed by atoms with E-state index >= 15 is 0 Å². The van der Waals surface area contributed by atoms with Crippen molar-refractivity contribution in [2.45, 2.75) is 187 Å². The number of carbonyl (C=O) groups is 5. The van der Waals surface area contributed by atoms with Gasteiger partial charge in [0.25, 0.3) is 11.7 Å². The molecule has 2 saturated heterocycles. The van der Waals surface area contributed by atoms with Crippen LogP contribution in [0.5, 0.6) is 0 Å². The summed E-state index contributed by atoms with van der Waals surface area (Å²) in [5, 5.41) is 23.6. The number of rotatable bonds is 10. The molecule has 1 saturated carbocycles. The summed E-state index contributed by atoms with van der Waals surface area (Å²) in [5.74, 6) is -5.24. The van der Waals surface area contributed by atoms with Crippen LogP contribution in [0.15, 0.2) is 47.6 Å². The van der Waals surface area contributed by atoms with E-state index in [1.54, 1.807) is 48.0 Å². The van der Waals surface area contributed by atoms with E-state index in [2.05, 4.69) is 12.0 Å². The van der Waals surface area contributed by atoms with Gasteiger partial charge >= 0.3 is 5.97 Å². The van der Waals surface area contributed by atoms with Crippen molar-refractivity contribution in [1.29, 1.82) is 0 Å². The highest BCUT2D eigenvalue weighted by molar-refractivity contribution is 6.39. The normalized spacial score (nSPS) is 35.4. The molecular weight excluding hydrogens is 911 g/mol. The van der Waals surface area contributed by atoms with Crippen LogP contribution in [0, 0.1) is 47.5 Å². The van der Waals surface area contributed by atoms with Crippen molar-refractivity contribution in [2.24, 2.45) is 35.5 Å². The number of hydrogen-bond donors (Lipinski definition) is 2. The molecule has 3 heterocycles. The van der Waals surface area contributed by atoms with E-state index in [0.717, 1.165) is 18.4 Å². The number of piperidine rings is 1. The van der Waals surface area contributed by atoms with Crippen LogP contribution in [0.4, 0.5) is 0 Å². The predicted octanol–water partition coefficient (Wildman–Crippen LogP) is 7.20. The van der Waals surface area contributed by atoms with Gasteiger partial charge in [0, 0.05) is 65.4 Å². The Bertz CT molecular complexity index is 1970. The van der Waals surface area contributed by atoms with Crippen molar-refractivity contribution in [3.8, 4) is 12.0 Å². The molecular formula is C56H85NO14. The molecule has 4 aliphatic rings. The molecule has 0 radical (unpaired) electrons. The lowest BCUT2D eigenvalue weighted by molar-refractivity contribution is -0.265. The summed E-state index contributed by atoms with van der Waals surface area (Å²) < 4.78 is 41.2. The number of fused-ring (bicyclic) bond motifs is 3. The summed E-state index contributed by atoms with van der Waals surface area (Å²) in [6, 6.07) is -1.15. The first kappa shape index (κ1) is 59.6. The number of aliphatic hydroxyl groups is 2. The van der Waals surface area contributed by atoms with Crippen LogP contribution in [0.25, 0.3) is 0 Å². The summed E-state index contributed by atoms with van der Waals surface area (Å²) in [6.07, 6.45) is 14.5. The summed E-state index contributed by atoms with van der Waals surface area (Å²) >= 11 is 0. The summed E-state index contributed by atoms with van der Waals surface area (Å²) in [6.45, 7) is 15.3. The number of amides is 1. The zero-order valence-electron chi connectivity index (χ0n) is 44.4. The van der Waals surface area contributed by atoms with Crippen LogP contribution in [0.1, 0.15) is 132 Å². The van der Waals surface area contributed by atoms with E-state index in [-0.39, 0.29) is 67.3 Å². The van der Waals surface area contributed by atoms with Gasteiger partial charge in [-0.1, -0.05) is 77.0 Å². The second-order valence-electron chi connectivity index (χ2n) is 20.7. The smallest absolute Gasteiger partial charge is 0.329 e. The highest BCUT2D eigenvalue weighted by Gasteiger charge is 2.53. The largest absolute Gasteiger partial charge is 0.460 e. The molecule has 1 amide bonds. The standard InChI is InChI=1S/C56H85NO14/c1-12-26-68-47-33-43-23-21-41(8)56(64,71-43)53(61)54(62)57-25-17-16-20-44(57)55(63)70-48(38(5)31-42-22-24-46(49(32-42)66-10)69-28-27-65-9)34-45(58)37(4)30-40(7)51(60)52(67-11)50(59)39(6)29-35(2)18-14-13-15-19-36(47)3/h13-15,18-19,30,35,38-44,46-49,51-52,60,64H,16-17,20-25,27-29,31-34H2,1-11H3/t35?,38?,39-,40?,41-,42?,43?,44+,46?,47?,48?,49?,51?,52?,56?/m1/s1. The molecule has 15 nitrogen and oxygen atoms in total. The number of allylic oxidation sites excluding steroid dienone is 6. The first-order chi connectivity index (χ1) is 33.8. The zero-order chi connectivity index (χ0) is 52.4. The molecule has 398 valence electrons. The maximum Gasteiger partial charge on any atom is 0.329 e. The van der Waals surface area contributed by atoms with E-state index < -0.39 is 77.8 Å². The molecule has 1 aliphatic carbocycles. The third kappa shape index (κ3) is 16.8. The highest BCUT2D eigenvalue weighted by Crippen LogP contribution is 2.38. The van der Waals surface area contributed by atoms with Crippen LogP contribution < -0.4 is 0 Å². The highest BCUT2D eigenvalue weighted by atomic mass is 16.6. The molecule has 3 aliphatic heterocycles. The van der Waals surface area contributed by atoms with Gasteiger partial charge in [0.15, 0.2) is 11.6 Å². The SMILES string of the molecule is CC#COC1CC2CC[C@@H](C)C(O)(O2)C(=O)C(=O)N2CCCC[C@H]2C(=O)OC(C(C)CC2CCC(OCCOC)C(OC)C2)CC(=O)C(C)=CC(C)C(O)C(OC)C(=O)[C@H](C)CC(C)C=CC=CC=C1C. The minimum Gasteiger partial charge on any atom is -0.460 e. The molecule has 0 aromatic carbocycles. The van der Waals surface area contributed by atoms with E-state index in [0.29, 0.717) is 63.7 Å². The van der Waals surface area contributed by atoms with Gasteiger partial charge in [-0.25, -0.2) is 4.79 Å². The Kier molecular flexibility index (Phi) is 24.3. The van der Waals surface area contributed by atoms with Crippen molar-refractivity contribution >= 4 is 29.2 Å². The number of Topliss-reactive ketones (excluding diaryl/α,β-unsaturated/α-hetero) is 3. The van der Waals surface area contributed by atoms with Crippen molar-refractivity contribution < 1.29 is 67.3 Å². The van der Waals surface area contributed by atoms with Gasteiger partial charge < -0.3 is 48.3 Å². The summed E-state index contributed by atoms with van der Waals surface area (Å²) in [5.41, 5.74) is 1.13. The first-order valence-corrected chi connectivity index (χ1v) is 25.9. The monoisotopic (exact) mass is 996 g/mol. The van der Waals surface area contributed by atoms with E-state index in [1.165, 1.54) is 12.0 Å². The first-order valence-electron chi connectivity index (χ1n) is 25.9. The van der Waals surface area contributed by atoms with Crippen LogP contribution >= 0.6 is 0 Å². The van der Waals surface area contributed by atoms with Crippen molar-refractivity contribution in [3.05, 3.63) is 47.6 Å². The summed E-state index contributed by atoms with van der Waals surface area (Å²) in [7, 11) is 4.68. The molecule has 15 heteroatoms. The Morgan fingerprint density at radius 2 is 1.63 bits per heavy atom. The van der Waals surface area contributed by atoms with Crippen molar-refractivity contribution in [1.82, 2.24) is 4.90 Å². The van der Waals surface area contributed by atoms with Crippen LogP contribution in [-0.2, 0) is 57.1 Å². The third-order valence-electron chi connectivity index (χ3n) is 15.1. The second-order valence-corrected chi connectivity index (χ2v) is 20.7. The molecule has 15 atom stereocenters. The Labute approximate surface area is 423 Å². The molecule has 12 unspecified atom stereocenters. The molecule has 2 N–H and O–H groups in total. The fourth-order valence-electron chi connectivity index (χ4n) is 10.6. The Morgan fingerprint density at radius 3 is 2.32 bits per heavy atom. The molecule has 0 spiro atoms. The number of hydrogen-bond acceptors (Lipinski definition) is 14. The number of nitrogens with zero attached hydrogens (tertiary/aromatic N) is 1. The number of aliphatic hydroxyl groups excluding tert-OH is 1. The topological polar surface area (TPSA) is 194 Å². The van der Waals surface area contributed by atoms with Crippen molar-refractivity contribution in [2.75, 3.05) is 41.1 Å². The van der Waals surface area contributed by atoms with E-state index in [1.807, 2.05) is 58.1 Å². The quantitative estimate of drug-likeness (QED) is 0.0966. The average molecular weight is 996 g/mol. The van der Waals surface area contributed by atoms with Gasteiger partial charge in [0.2, 0.25) is 5.79 Å². The predicted molar refractivity (Wildman–Crippen MR) is 268 cm³/mol. The average Bonchev–Trinajstić information content (AvgIpc) is 3.35. The fourth-order valence-corrected chi connectivity index (χ4v) is 10.6. The van der Waals surface area contributed by atoms with Crippen LogP contribution in [-0.4, -0.2) is 140 Å². The number of cyclic esters (lactones) is 1. The van der Waals surface area contributed by atoms with E-state index in [9.17, 15) is 34.2 Å². The van der Waals surface area contributed by atoms with Gasteiger partial charge in [0.1, 0.15) is 30.5 Å². The van der Waals surface area contributed by atoms with Gasteiger partial charge in [-0.05, 0) is 107 Å². The van der Waals surface area contributed by atoms with Crippen molar-refractivity contribution in [3.63, 3.8) is 0 Å². The number of methoxy groups -OCH3 is 3. The number of esters is 1. The second kappa shape index (κ2) is 29.0. The number of ketones is 3. The molecule has 2 bridgehead atoms. The Morgan fingerprint density at radius 1 is 0.887 bits per heavy atom. The molecule has 0 aromatic heterocycles. The Balaban J connectivity index is 1.71. The molecule has 0 aromatic rings. The van der Waals surface area contributed by atoms with Gasteiger partial charge in [-0.2, -0.15) is 0 Å². The molecule has 4 rings (SSSR count). The summed E-state index contributed by atoms with van der Waals surface area (Å²) in [4.78, 5) is 72.5. The minimum absolute atomic E-state index is 0.00312. The van der Waals surface area contributed by atoms with Gasteiger partial charge in [-0.15, -0.1) is 0 Å². The number of ether oxygens (including phenoxy) is 7. The number of carbonyl (C=O) groups excluding carboxylic acids is 5. The maximum atomic E-state index is 14.5. The fraction of sp³-hybridized carbons (Fsp3) is 0.732. The minimum atomic E-state index is -2.47. The molecule has 3 fully saturated rings. The van der Waals surface area contributed by atoms with Crippen LogP contribution in [0.3, 0.4) is 0 Å². The molecule has 71 heavy (non-hydrogen) atoms. The lowest BCUT2D eigenvalue weighted by atomic mass is 9.78.